The molecule has 0 heterocycles. The van der Waals surface area contributed by atoms with Crippen molar-refractivity contribution in [3.63, 3.8) is 0 Å². The minimum Gasteiger partial charge on any atom is -0.496 e. The molecule has 2 aromatic rings. The summed E-state index contributed by atoms with van der Waals surface area (Å²) in [6.07, 6.45) is 0. The van der Waals surface area contributed by atoms with Crippen molar-refractivity contribution in [2.45, 2.75) is 26.4 Å². The molecule has 0 aliphatic carbocycles. The lowest BCUT2D eigenvalue weighted by atomic mass is 10.0. The first-order chi connectivity index (χ1) is 10.1. The van der Waals surface area contributed by atoms with Gasteiger partial charge in [-0.25, -0.2) is 0 Å². The highest BCUT2D eigenvalue weighted by Gasteiger charge is 2.08. The van der Waals surface area contributed by atoms with Crippen LogP contribution in [0.4, 0.5) is 0 Å². The van der Waals surface area contributed by atoms with Crippen molar-refractivity contribution >= 4 is 10.8 Å². The predicted octanol–water partition coefficient (Wildman–Crippen LogP) is 3.28. The molecule has 0 amide bonds. The maximum Gasteiger partial charge on any atom is 0.123 e. The minimum atomic E-state index is 0.582. The van der Waals surface area contributed by atoms with Crippen molar-refractivity contribution in [1.29, 1.82) is 0 Å². The molecule has 1 N–H and O–H groups in total. The van der Waals surface area contributed by atoms with Crippen molar-refractivity contribution in [2.24, 2.45) is 0 Å². The molecule has 0 unspecified atom stereocenters. The number of likely N-dealkylation sites (N-methyl/N-ethyl adjacent to an activating group) is 1. The molecule has 0 radical (unpaired) electrons. The van der Waals surface area contributed by atoms with Crippen molar-refractivity contribution in [1.82, 2.24) is 10.2 Å². The summed E-state index contributed by atoms with van der Waals surface area (Å²) in [6.45, 7) is 7.28. The second kappa shape index (κ2) is 7.43. The van der Waals surface area contributed by atoms with E-state index in [0.717, 1.165) is 25.4 Å². The van der Waals surface area contributed by atoms with E-state index in [1.54, 1.807) is 7.11 Å². The van der Waals surface area contributed by atoms with Crippen LogP contribution in [0.25, 0.3) is 10.8 Å². The normalized spacial score (nSPS) is 11.5. The van der Waals surface area contributed by atoms with Crippen LogP contribution in [0.2, 0.25) is 0 Å². The van der Waals surface area contributed by atoms with Gasteiger partial charge in [-0.3, -0.25) is 0 Å². The average Bonchev–Trinajstić information content (AvgIpc) is 2.50. The first-order valence-electron chi connectivity index (χ1n) is 7.59. The Morgan fingerprint density at radius 2 is 1.90 bits per heavy atom. The van der Waals surface area contributed by atoms with Gasteiger partial charge in [0.1, 0.15) is 5.75 Å². The van der Waals surface area contributed by atoms with Gasteiger partial charge in [0, 0.05) is 31.2 Å². The van der Waals surface area contributed by atoms with Gasteiger partial charge in [0.05, 0.1) is 7.11 Å². The third-order valence-electron chi connectivity index (χ3n) is 4.04. The lowest BCUT2D eigenvalue weighted by molar-refractivity contribution is 0.273. The van der Waals surface area contributed by atoms with Gasteiger partial charge >= 0.3 is 0 Å². The number of rotatable bonds is 7. The molecule has 0 aliphatic heterocycles. The number of ether oxygens (including phenoxy) is 1. The summed E-state index contributed by atoms with van der Waals surface area (Å²) in [5, 5.41) is 6.06. The summed E-state index contributed by atoms with van der Waals surface area (Å²) in [6, 6.07) is 13.2. The first-order valence-corrected chi connectivity index (χ1v) is 7.59. The highest BCUT2D eigenvalue weighted by molar-refractivity contribution is 5.87. The van der Waals surface area contributed by atoms with E-state index in [2.05, 4.69) is 67.5 Å². The fraction of sp³-hybridized carbons (Fsp3) is 0.444. The Balaban J connectivity index is 2.06. The van der Waals surface area contributed by atoms with Gasteiger partial charge in [0.2, 0.25) is 0 Å². The zero-order valence-electron chi connectivity index (χ0n) is 13.5. The Morgan fingerprint density at radius 1 is 1.14 bits per heavy atom. The zero-order chi connectivity index (χ0) is 15.2. The lowest BCUT2D eigenvalue weighted by Gasteiger charge is -2.21. The van der Waals surface area contributed by atoms with Crippen LogP contribution in [0.3, 0.4) is 0 Å². The zero-order valence-corrected chi connectivity index (χ0v) is 13.5. The number of hydrogen-bond acceptors (Lipinski definition) is 3. The molecule has 0 aromatic heterocycles. The fourth-order valence-electron chi connectivity index (χ4n) is 2.42. The summed E-state index contributed by atoms with van der Waals surface area (Å²) in [7, 11) is 3.89. The Hall–Kier alpha value is -1.58. The highest BCUT2D eigenvalue weighted by atomic mass is 16.5. The summed E-state index contributed by atoms with van der Waals surface area (Å²) < 4.78 is 5.52. The molecule has 0 spiro atoms. The van der Waals surface area contributed by atoms with E-state index >= 15 is 0 Å². The van der Waals surface area contributed by atoms with E-state index in [9.17, 15) is 0 Å². The molecule has 2 aromatic carbocycles. The van der Waals surface area contributed by atoms with Gasteiger partial charge in [-0.05, 0) is 37.7 Å². The smallest absolute Gasteiger partial charge is 0.123 e. The maximum absolute atomic E-state index is 5.52. The number of nitrogens with one attached hydrogen (secondary N) is 1. The van der Waals surface area contributed by atoms with Crippen LogP contribution < -0.4 is 10.1 Å². The van der Waals surface area contributed by atoms with Crippen molar-refractivity contribution in [3.05, 3.63) is 42.0 Å². The molecule has 0 atom stereocenters. The highest BCUT2D eigenvalue weighted by Crippen LogP contribution is 2.27. The topological polar surface area (TPSA) is 24.5 Å². The van der Waals surface area contributed by atoms with E-state index in [-0.39, 0.29) is 0 Å². The SMILES string of the molecule is COc1ccc2ccccc2c1CNCCN(C)C(C)C. The van der Waals surface area contributed by atoms with Gasteiger partial charge in [0.15, 0.2) is 0 Å². The van der Waals surface area contributed by atoms with Crippen molar-refractivity contribution in [2.75, 3.05) is 27.2 Å². The van der Waals surface area contributed by atoms with Gasteiger partial charge in [0.25, 0.3) is 0 Å². The largest absolute Gasteiger partial charge is 0.496 e. The lowest BCUT2D eigenvalue weighted by Crippen LogP contribution is -2.33. The number of nitrogens with zero attached hydrogens (tertiary/aromatic N) is 1. The number of fused-ring (bicyclic) bond motifs is 1. The molecule has 2 rings (SSSR count). The van der Waals surface area contributed by atoms with Crippen LogP contribution in [0, 0.1) is 0 Å². The predicted molar refractivity (Wildman–Crippen MR) is 90.0 cm³/mol. The Morgan fingerprint density at radius 3 is 2.62 bits per heavy atom. The van der Waals surface area contributed by atoms with Crippen LogP contribution in [0.15, 0.2) is 36.4 Å². The molecule has 114 valence electrons. The van der Waals surface area contributed by atoms with Gasteiger partial charge < -0.3 is 15.0 Å². The molecule has 0 saturated carbocycles. The molecular formula is C18H26N2O. The fourth-order valence-corrected chi connectivity index (χ4v) is 2.42. The molecule has 21 heavy (non-hydrogen) atoms. The molecule has 0 bridgehead atoms. The van der Waals surface area contributed by atoms with Crippen molar-refractivity contribution in [3.8, 4) is 5.75 Å². The van der Waals surface area contributed by atoms with E-state index in [1.165, 1.54) is 16.3 Å². The van der Waals surface area contributed by atoms with Gasteiger partial charge in [-0.2, -0.15) is 0 Å². The second-order valence-electron chi connectivity index (χ2n) is 5.72. The number of hydrogen-bond donors (Lipinski definition) is 1. The number of methoxy groups -OCH3 is 1. The van der Waals surface area contributed by atoms with E-state index in [4.69, 9.17) is 4.74 Å². The molecule has 3 nitrogen and oxygen atoms in total. The van der Waals surface area contributed by atoms with Crippen molar-refractivity contribution < 1.29 is 4.74 Å². The van der Waals surface area contributed by atoms with E-state index in [0.29, 0.717) is 6.04 Å². The third kappa shape index (κ3) is 3.96. The van der Waals surface area contributed by atoms with Crippen LogP contribution in [-0.4, -0.2) is 38.2 Å². The standard InChI is InChI=1S/C18H26N2O/c1-14(2)20(3)12-11-19-13-17-16-8-6-5-7-15(16)9-10-18(17)21-4/h5-10,14,19H,11-13H2,1-4H3. The van der Waals surface area contributed by atoms with Gasteiger partial charge in [-0.1, -0.05) is 30.3 Å². The maximum atomic E-state index is 5.52. The molecule has 3 heteroatoms. The Bertz CT molecular complexity index is 580. The third-order valence-corrected chi connectivity index (χ3v) is 4.04. The number of benzene rings is 2. The minimum absolute atomic E-state index is 0.582. The summed E-state index contributed by atoms with van der Waals surface area (Å²) in [5.74, 6) is 0.957. The second-order valence-corrected chi connectivity index (χ2v) is 5.72. The van der Waals surface area contributed by atoms with Crippen LogP contribution in [-0.2, 0) is 6.54 Å². The van der Waals surface area contributed by atoms with Crippen LogP contribution in [0.5, 0.6) is 5.75 Å². The molecule has 0 saturated heterocycles. The molecular weight excluding hydrogens is 260 g/mol. The Labute approximate surface area is 127 Å². The summed E-state index contributed by atoms with van der Waals surface area (Å²) in [4.78, 5) is 2.34. The van der Waals surface area contributed by atoms with E-state index < -0.39 is 0 Å². The summed E-state index contributed by atoms with van der Waals surface area (Å²) in [5.41, 5.74) is 1.24. The van der Waals surface area contributed by atoms with Crippen LogP contribution in [0.1, 0.15) is 19.4 Å². The molecule has 0 fully saturated rings. The quantitative estimate of drug-likeness (QED) is 0.791. The van der Waals surface area contributed by atoms with Crippen LogP contribution >= 0.6 is 0 Å². The first kappa shape index (κ1) is 15.8. The van der Waals surface area contributed by atoms with Gasteiger partial charge in [-0.15, -0.1) is 0 Å². The summed E-state index contributed by atoms with van der Waals surface area (Å²) >= 11 is 0. The molecule has 0 aliphatic rings. The van der Waals surface area contributed by atoms with E-state index in [1.807, 2.05) is 0 Å². The monoisotopic (exact) mass is 286 g/mol. The Kier molecular flexibility index (Phi) is 5.59. The average molecular weight is 286 g/mol.